The number of ether oxygens (including phenoxy) is 1. The molecule has 2 saturated heterocycles. The van der Waals surface area contributed by atoms with Gasteiger partial charge < -0.3 is 14.5 Å². The van der Waals surface area contributed by atoms with Crippen LogP contribution >= 0.6 is 11.8 Å². The Morgan fingerprint density at radius 1 is 0.939 bits per heavy atom. The fraction of sp³-hybridized carbons (Fsp3) is 0.458. The Bertz CT molecular complexity index is 1060. The highest BCUT2D eigenvalue weighted by Crippen LogP contribution is 2.28. The number of morpholine rings is 1. The van der Waals surface area contributed by atoms with Crippen LogP contribution in [0.2, 0.25) is 0 Å². The molecule has 0 spiro atoms. The van der Waals surface area contributed by atoms with Gasteiger partial charge in [0.1, 0.15) is 0 Å². The van der Waals surface area contributed by atoms with E-state index >= 15 is 0 Å². The molecule has 2 aromatic rings. The zero-order chi connectivity index (χ0) is 23.3. The minimum absolute atomic E-state index is 0.0897. The second-order valence-electron chi connectivity index (χ2n) is 8.32. The molecule has 178 valence electrons. The minimum Gasteiger partial charge on any atom is -0.378 e. The third-order valence-corrected chi connectivity index (χ3v) is 8.28. The third kappa shape index (κ3) is 5.83. The lowest BCUT2D eigenvalue weighted by Crippen LogP contribution is -2.36. The molecule has 2 aliphatic rings. The molecule has 2 heterocycles. The predicted molar refractivity (Wildman–Crippen MR) is 133 cm³/mol. The Morgan fingerprint density at radius 2 is 1.61 bits per heavy atom. The van der Waals surface area contributed by atoms with Crippen molar-refractivity contribution in [2.45, 2.75) is 35.5 Å². The molecule has 9 heteroatoms. The van der Waals surface area contributed by atoms with E-state index in [4.69, 9.17) is 4.74 Å². The van der Waals surface area contributed by atoms with E-state index in [9.17, 15) is 13.2 Å². The lowest BCUT2D eigenvalue weighted by Gasteiger charge is -2.28. The van der Waals surface area contributed by atoms with Crippen LogP contribution in [0.3, 0.4) is 0 Å². The molecule has 1 N–H and O–H groups in total. The van der Waals surface area contributed by atoms with Crippen LogP contribution in [0.5, 0.6) is 0 Å². The first-order chi connectivity index (χ1) is 16.0. The van der Waals surface area contributed by atoms with Crippen LogP contribution in [-0.4, -0.2) is 64.9 Å². The summed E-state index contributed by atoms with van der Waals surface area (Å²) >= 11 is 1.46. The molecular formula is C24H31N3O4S2. The van der Waals surface area contributed by atoms with Crippen LogP contribution in [0.4, 0.5) is 11.4 Å². The number of benzene rings is 2. The summed E-state index contributed by atoms with van der Waals surface area (Å²) in [6.07, 6.45) is 6.13. The molecule has 0 bridgehead atoms. The average Bonchev–Trinajstić information content (AvgIpc) is 3.14. The van der Waals surface area contributed by atoms with Gasteiger partial charge in [-0.2, -0.15) is 0 Å². The van der Waals surface area contributed by atoms with Crippen molar-refractivity contribution in [2.24, 2.45) is 0 Å². The lowest BCUT2D eigenvalue weighted by atomic mass is 10.2. The number of amides is 1. The fourth-order valence-corrected chi connectivity index (χ4v) is 5.90. The van der Waals surface area contributed by atoms with Crippen LogP contribution in [0.1, 0.15) is 36.0 Å². The molecule has 0 aliphatic carbocycles. The monoisotopic (exact) mass is 489 g/mol. The molecular weight excluding hydrogens is 458 g/mol. The topological polar surface area (TPSA) is 79.0 Å². The molecule has 2 fully saturated rings. The van der Waals surface area contributed by atoms with Crippen LogP contribution in [0.25, 0.3) is 0 Å². The minimum atomic E-state index is -3.83. The second kappa shape index (κ2) is 10.8. The SMILES string of the molecule is CSc1ccc(S(=O)(=O)Nc2ccc(N3CCOCC3)cc2)cc1C(=O)N1CCCCCC1. The molecule has 0 atom stereocenters. The normalized spacial score (nSPS) is 17.5. The Hall–Kier alpha value is -2.23. The number of rotatable bonds is 6. The number of nitrogens with one attached hydrogen (secondary N) is 1. The Balaban J connectivity index is 1.53. The third-order valence-electron chi connectivity index (χ3n) is 6.10. The number of hydrogen-bond donors (Lipinski definition) is 1. The van der Waals surface area contributed by atoms with Gasteiger partial charge in [0.05, 0.1) is 23.7 Å². The van der Waals surface area contributed by atoms with Crippen molar-refractivity contribution in [3.05, 3.63) is 48.0 Å². The molecule has 0 unspecified atom stereocenters. The van der Waals surface area contributed by atoms with Gasteiger partial charge in [-0.05, 0) is 61.6 Å². The molecule has 0 saturated carbocycles. The van der Waals surface area contributed by atoms with Crippen LogP contribution in [0, 0.1) is 0 Å². The summed E-state index contributed by atoms with van der Waals surface area (Å²) in [7, 11) is -3.83. The highest BCUT2D eigenvalue weighted by Gasteiger charge is 2.23. The second-order valence-corrected chi connectivity index (χ2v) is 10.9. The van der Waals surface area contributed by atoms with Gasteiger partial charge in [-0.25, -0.2) is 8.42 Å². The molecule has 4 rings (SSSR count). The molecule has 7 nitrogen and oxygen atoms in total. The number of carbonyl (C=O) groups excluding carboxylic acids is 1. The standard InChI is InChI=1S/C24H31N3O4S2/c1-32-23-11-10-21(18-22(23)24(28)27-12-4-2-3-5-13-27)33(29,30)25-19-6-8-20(9-7-19)26-14-16-31-17-15-26/h6-11,18,25H,2-5,12-17H2,1H3. The maximum absolute atomic E-state index is 13.2. The summed E-state index contributed by atoms with van der Waals surface area (Å²) in [6, 6.07) is 12.2. The highest BCUT2D eigenvalue weighted by molar-refractivity contribution is 7.98. The molecule has 2 aromatic carbocycles. The smallest absolute Gasteiger partial charge is 0.261 e. The summed E-state index contributed by atoms with van der Waals surface area (Å²) in [5.41, 5.74) is 1.98. The van der Waals surface area contributed by atoms with Crippen LogP contribution in [0.15, 0.2) is 52.3 Å². The van der Waals surface area contributed by atoms with Crippen molar-refractivity contribution < 1.29 is 17.9 Å². The van der Waals surface area contributed by atoms with E-state index in [1.807, 2.05) is 23.3 Å². The number of hydrogen-bond acceptors (Lipinski definition) is 6. The Morgan fingerprint density at radius 3 is 2.24 bits per heavy atom. The van der Waals surface area contributed by atoms with E-state index in [2.05, 4.69) is 9.62 Å². The summed E-state index contributed by atoms with van der Waals surface area (Å²) in [5, 5.41) is 0. The van der Waals surface area contributed by atoms with Crippen molar-refractivity contribution in [1.29, 1.82) is 0 Å². The first-order valence-electron chi connectivity index (χ1n) is 11.4. The molecule has 0 radical (unpaired) electrons. The van der Waals surface area contributed by atoms with E-state index in [0.717, 1.165) is 62.4 Å². The van der Waals surface area contributed by atoms with Gasteiger partial charge in [-0.1, -0.05) is 12.8 Å². The van der Waals surface area contributed by atoms with Crippen LogP contribution < -0.4 is 9.62 Å². The fourth-order valence-electron chi connectivity index (χ4n) is 4.24. The summed E-state index contributed by atoms with van der Waals surface area (Å²) in [4.78, 5) is 18.2. The first kappa shape index (κ1) is 23.9. The molecule has 2 aliphatic heterocycles. The largest absolute Gasteiger partial charge is 0.378 e. The first-order valence-corrected chi connectivity index (χ1v) is 14.1. The average molecular weight is 490 g/mol. The van der Waals surface area contributed by atoms with Gasteiger partial charge in [-0.15, -0.1) is 11.8 Å². The summed E-state index contributed by atoms with van der Waals surface area (Å²) in [5.74, 6) is -0.0897. The van der Waals surface area contributed by atoms with Crippen molar-refractivity contribution in [2.75, 3.05) is 55.3 Å². The predicted octanol–water partition coefficient (Wildman–Crippen LogP) is 4.06. The molecule has 1 amide bonds. The van der Waals surface area contributed by atoms with Gasteiger partial charge >= 0.3 is 0 Å². The summed E-state index contributed by atoms with van der Waals surface area (Å²) < 4.78 is 34.3. The van der Waals surface area contributed by atoms with E-state index in [0.29, 0.717) is 24.5 Å². The maximum Gasteiger partial charge on any atom is 0.261 e. The van der Waals surface area contributed by atoms with Crippen molar-refractivity contribution in [1.82, 2.24) is 4.90 Å². The lowest BCUT2D eigenvalue weighted by molar-refractivity contribution is 0.0758. The molecule has 33 heavy (non-hydrogen) atoms. The van der Waals surface area contributed by atoms with Gasteiger partial charge in [-0.3, -0.25) is 9.52 Å². The van der Waals surface area contributed by atoms with E-state index < -0.39 is 10.0 Å². The zero-order valence-electron chi connectivity index (χ0n) is 19.0. The van der Waals surface area contributed by atoms with Crippen molar-refractivity contribution >= 4 is 39.1 Å². The maximum atomic E-state index is 13.2. The van der Waals surface area contributed by atoms with Gasteiger partial charge in [0, 0.05) is 42.4 Å². The number of carbonyl (C=O) groups is 1. The Labute approximate surface area is 200 Å². The summed E-state index contributed by atoms with van der Waals surface area (Å²) in [6.45, 7) is 4.47. The number of likely N-dealkylation sites (tertiary alicyclic amines) is 1. The van der Waals surface area contributed by atoms with Gasteiger partial charge in [0.2, 0.25) is 0 Å². The number of thioether (sulfide) groups is 1. The quantitative estimate of drug-likeness (QED) is 0.617. The Kier molecular flexibility index (Phi) is 7.82. The van der Waals surface area contributed by atoms with Crippen molar-refractivity contribution in [3.8, 4) is 0 Å². The van der Waals surface area contributed by atoms with Gasteiger partial charge in [0.25, 0.3) is 15.9 Å². The van der Waals surface area contributed by atoms with E-state index in [1.54, 1.807) is 24.3 Å². The van der Waals surface area contributed by atoms with E-state index in [1.165, 1.54) is 17.8 Å². The van der Waals surface area contributed by atoms with Crippen LogP contribution in [-0.2, 0) is 14.8 Å². The number of nitrogens with zero attached hydrogens (tertiary/aromatic N) is 2. The zero-order valence-corrected chi connectivity index (χ0v) is 20.6. The van der Waals surface area contributed by atoms with Crippen molar-refractivity contribution in [3.63, 3.8) is 0 Å². The number of sulfonamides is 1. The van der Waals surface area contributed by atoms with Gasteiger partial charge in [0.15, 0.2) is 0 Å². The molecule has 0 aromatic heterocycles. The highest BCUT2D eigenvalue weighted by atomic mass is 32.2. The van der Waals surface area contributed by atoms with E-state index in [-0.39, 0.29) is 10.8 Å². The number of anilines is 2.